The van der Waals surface area contributed by atoms with Gasteiger partial charge >= 0.3 is 0 Å². The molecular formula is C30H29ClN4O2S. The lowest BCUT2D eigenvalue weighted by atomic mass is 10.0. The van der Waals surface area contributed by atoms with E-state index in [1.165, 1.54) is 0 Å². The zero-order valence-corrected chi connectivity index (χ0v) is 23.2. The molecule has 4 aromatic rings. The predicted octanol–water partition coefficient (Wildman–Crippen LogP) is 7.38. The number of nitrogens with zero attached hydrogens (tertiary/aromatic N) is 2. The van der Waals surface area contributed by atoms with Crippen LogP contribution in [0.3, 0.4) is 0 Å². The third-order valence-electron chi connectivity index (χ3n) is 6.82. The SMILES string of the molecule is Cc1cc(N2C(=S)N[C@H](c3ccccn3)[C@@H]2c2ccc(-c3cccc(Cl)c3C)o2)ccc1NC(=O)C(C)C. The number of hydrogen-bond acceptors (Lipinski definition) is 4. The van der Waals surface area contributed by atoms with Crippen molar-refractivity contribution in [2.24, 2.45) is 5.92 Å². The van der Waals surface area contributed by atoms with Crippen LogP contribution < -0.4 is 15.5 Å². The number of halogens is 1. The number of anilines is 2. The lowest BCUT2D eigenvalue weighted by Gasteiger charge is -2.27. The van der Waals surface area contributed by atoms with E-state index in [9.17, 15) is 4.79 Å². The summed E-state index contributed by atoms with van der Waals surface area (Å²) in [5.41, 5.74) is 5.37. The molecule has 2 aromatic heterocycles. The van der Waals surface area contributed by atoms with E-state index in [0.717, 1.165) is 45.3 Å². The zero-order chi connectivity index (χ0) is 27.0. The van der Waals surface area contributed by atoms with E-state index in [1.54, 1.807) is 6.20 Å². The van der Waals surface area contributed by atoms with Crippen molar-refractivity contribution in [2.75, 3.05) is 10.2 Å². The molecule has 0 spiro atoms. The molecule has 3 heterocycles. The largest absolute Gasteiger partial charge is 0.459 e. The van der Waals surface area contributed by atoms with E-state index in [4.69, 9.17) is 28.2 Å². The molecule has 8 heteroatoms. The van der Waals surface area contributed by atoms with E-state index in [2.05, 4.69) is 20.5 Å². The average Bonchev–Trinajstić information content (AvgIpc) is 3.52. The van der Waals surface area contributed by atoms with Crippen molar-refractivity contribution < 1.29 is 9.21 Å². The summed E-state index contributed by atoms with van der Waals surface area (Å²) in [6.45, 7) is 7.71. The standard InChI is InChI=1S/C30H29ClN4O2S/c1-17(2)29(36)33-23-12-11-20(16-18(23)3)35-28(27(34-30(35)38)24-10-5-6-15-32-24)26-14-13-25(37-26)21-8-7-9-22(31)19(21)4/h5-17,27-28H,1-4H3,(H,33,36)(H,34,38)/t27-,28+/m1/s1. The second-order valence-corrected chi connectivity index (χ2v) is 10.5. The first-order valence-electron chi connectivity index (χ1n) is 12.5. The maximum absolute atomic E-state index is 12.3. The van der Waals surface area contributed by atoms with Gasteiger partial charge in [0, 0.05) is 34.1 Å². The molecule has 1 fully saturated rings. The Balaban J connectivity index is 1.56. The van der Waals surface area contributed by atoms with Gasteiger partial charge in [0.2, 0.25) is 5.91 Å². The Kier molecular flexibility index (Phi) is 7.23. The molecule has 1 amide bonds. The van der Waals surface area contributed by atoms with E-state index >= 15 is 0 Å². The molecule has 0 bridgehead atoms. The molecule has 194 valence electrons. The quantitative estimate of drug-likeness (QED) is 0.247. The van der Waals surface area contributed by atoms with E-state index in [-0.39, 0.29) is 23.9 Å². The van der Waals surface area contributed by atoms with Gasteiger partial charge in [0.05, 0.1) is 11.7 Å². The van der Waals surface area contributed by atoms with Crippen LogP contribution >= 0.6 is 23.8 Å². The van der Waals surface area contributed by atoms with Gasteiger partial charge in [0.1, 0.15) is 17.6 Å². The molecule has 0 aliphatic carbocycles. The number of pyridine rings is 1. The Hall–Kier alpha value is -3.68. The number of carbonyl (C=O) groups is 1. The summed E-state index contributed by atoms with van der Waals surface area (Å²) < 4.78 is 6.49. The van der Waals surface area contributed by atoms with Gasteiger partial charge in [-0.15, -0.1) is 0 Å². The second-order valence-electron chi connectivity index (χ2n) is 9.75. The van der Waals surface area contributed by atoms with Crippen LogP contribution in [0.4, 0.5) is 11.4 Å². The predicted molar refractivity (Wildman–Crippen MR) is 156 cm³/mol. The Morgan fingerprint density at radius 3 is 2.63 bits per heavy atom. The molecule has 0 unspecified atom stereocenters. The number of carbonyl (C=O) groups excluding carboxylic acids is 1. The third-order valence-corrected chi connectivity index (χ3v) is 7.54. The maximum Gasteiger partial charge on any atom is 0.226 e. The van der Waals surface area contributed by atoms with E-state index < -0.39 is 0 Å². The van der Waals surface area contributed by atoms with Crippen molar-refractivity contribution in [3.63, 3.8) is 0 Å². The highest BCUT2D eigenvalue weighted by Crippen LogP contribution is 2.44. The van der Waals surface area contributed by atoms with Crippen LogP contribution in [-0.2, 0) is 4.79 Å². The van der Waals surface area contributed by atoms with Crippen molar-refractivity contribution in [1.29, 1.82) is 0 Å². The summed E-state index contributed by atoms with van der Waals surface area (Å²) in [6, 6.07) is 21.0. The first kappa shape index (κ1) is 25.9. The van der Waals surface area contributed by atoms with Crippen LogP contribution in [0.15, 0.2) is 77.3 Å². The number of amides is 1. The number of aromatic nitrogens is 1. The van der Waals surface area contributed by atoms with Crippen LogP contribution in [0.5, 0.6) is 0 Å². The molecule has 0 saturated carbocycles. The highest BCUT2D eigenvalue weighted by molar-refractivity contribution is 7.80. The van der Waals surface area contributed by atoms with Gasteiger partial charge in [0.25, 0.3) is 0 Å². The number of furan rings is 1. The Labute approximate surface area is 233 Å². The molecule has 2 aromatic carbocycles. The summed E-state index contributed by atoms with van der Waals surface area (Å²) in [6.07, 6.45) is 1.78. The average molecular weight is 545 g/mol. The minimum Gasteiger partial charge on any atom is -0.459 e. The number of rotatable bonds is 6. The number of thiocarbonyl (C=S) groups is 1. The molecule has 6 nitrogen and oxygen atoms in total. The molecule has 38 heavy (non-hydrogen) atoms. The van der Waals surface area contributed by atoms with Crippen molar-refractivity contribution in [3.05, 3.63) is 101 Å². The monoisotopic (exact) mass is 544 g/mol. The lowest BCUT2D eigenvalue weighted by molar-refractivity contribution is -0.118. The summed E-state index contributed by atoms with van der Waals surface area (Å²) in [5.74, 6) is 1.36. The Bertz CT molecular complexity index is 1500. The van der Waals surface area contributed by atoms with Gasteiger partial charge in [0.15, 0.2) is 5.11 Å². The fourth-order valence-electron chi connectivity index (χ4n) is 4.67. The highest BCUT2D eigenvalue weighted by Gasteiger charge is 2.42. The van der Waals surface area contributed by atoms with Gasteiger partial charge in [-0.2, -0.15) is 0 Å². The van der Waals surface area contributed by atoms with Gasteiger partial charge in [-0.05, 0) is 85.7 Å². The van der Waals surface area contributed by atoms with Gasteiger partial charge in [-0.1, -0.05) is 43.6 Å². The molecule has 2 N–H and O–H groups in total. The van der Waals surface area contributed by atoms with Crippen LogP contribution in [0.1, 0.15) is 48.5 Å². The van der Waals surface area contributed by atoms with Crippen LogP contribution in [-0.4, -0.2) is 16.0 Å². The molecule has 2 atom stereocenters. The lowest BCUT2D eigenvalue weighted by Crippen LogP contribution is -2.29. The summed E-state index contributed by atoms with van der Waals surface area (Å²) in [5, 5.41) is 7.73. The molecule has 1 aliphatic heterocycles. The fourth-order valence-corrected chi connectivity index (χ4v) is 5.19. The first-order chi connectivity index (χ1) is 18.2. The summed E-state index contributed by atoms with van der Waals surface area (Å²) >= 11 is 12.2. The number of aryl methyl sites for hydroxylation is 1. The maximum atomic E-state index is 12.3. The molecule has 0 radical (unpaired) electrons. The summed E-state index contributed by atoms with van der Waals surface area (Å²) in [4.78, 5) is 19.0. The molecule has 1 saturated heterocycles. The van der Waals surface area contributed by atoms with Crippen molar-refractivity contribution >= 4 is 46.2 Å². The van der Waals surface area contributed by atoms with Crippen LogP contribution in [0, 0.1) is 19.8 Å². The minimum atomic E-state index is -0.291. The highest BCUT2D eigenvalue weighted by atomic mass is 35.5. The van der Waals surface area contributed by atoms with Crippen molar-refractivity contribution in [3.8, 4) is 11.3 Å². The smallest absolute Gasteiger partial charge is 0.226 e. The minimum absolute atomic E-state index is 0.0215. The van der Waals surface area contributed by atoms with Crippen molar-refractivity contribution in [1.82, 2.24) is 10.3 Å². The van der Waals surface area contributed by atoms with E-state index in [0.29, 0.717) is 10.1 Å². The zero-order valence-electron chi connectivity index (χ0n) is 21.7. The summed E-state index contributed by atoms with van der Waals surface area (Å²) in [7, 11) is 0. The first-order valence-corrected chi connectivity index (χ1v) is 13.3. The van der Waals surface area contributed by atoms with Gasteiger partial charge < -0.3 is 20.0 Å². The number of hydrogen-bond donors (Lipinski definition) is 2. The Morgan fingerprint density at radius 2 is 1.92 bits per heavy atom. The third kappa shape index (κ3) is 4.91. The van der Waals surface area contributed by atoms with Gasteiger partial charge in [-0.25, -0.2) is 0 Å². The molecular weight excluding hydrogens is 516 g/mol. The fraction of sp³-hybridized carbons (Fsp3) is 0.233. The van der Waals surface area contributed by atoms with Crippen LogP contribution in [0.2, 0.25) is 5.02 Å². The van der Waals surface area contributed by atoms with Crippen LogP contribution in [0.25, 0.3) is 11.3 Å². The van der Waals surface area contributed by atoms with Crippen molar-refractivity contribution in [2.45, 2.75) is 39.8 Å². The number of benzene rings is 2. The topological polar surface area (TPSA) is 70.4 Å². The normalized spacial score (nSPS) is 17.1. The molecule has 5 rings (SSSR count). The van der Waals surface area contributed by atoms with E-state index in [1.807, 2.05) is 94.4 Å². The molecule has 1 aliphatic rings. The second kappa shape index (κ2) is 10.6. The van der Waals surface area contributed by atoms with Gasteiger partial charge in [-0.3, -0.25) is 9.78 Å². The Morgan fingerprint density at radius 1 is 1.11 bits per heavy atom. The number of nitrogens with one attached hydrogen (secondary N) is 2.